The fourth-order valence-electron chi connectivity index (χ4n) is 3.74. The predicted octanol–water partition coefficient (Wildman–Crippen LogP) is 3.82. The Morgan fingerprint density at radius 2 is 1.69 bits per heavy atom. The summed E-state index contributed by atoms with van der Waals surface area (Å²) in [6, 6.07) is 7.91. The number of thioether (sulfide) groups is 1. The van der Waals surface area contributed by atoms with Crippen molar-refractivity contribution in [2.24, 2.45) is 4.99 Å². The van der Waals surface area contributed by atoms with E-state index in [2.05, 4.69) is 9.89 Å². The van der Waals surface area contributed by atoms with Gasteiger partial charge < -0.3 is 19.1 Å². The number of nitrogens with zero attached hydrogens (tertiary/aromatic N) is 3. The summed E-state index contributed by atoms with van der Waals surface area (Å²) in [4.78, 5) is 44.8. The van der Waals surface area contributed by atoms with E-state index < -0.39 is 11.9 Å². The smallest absolute Gasteiger partial charge is 0.308 e. The first-order chi connectivity index (χ1) is 17.3. The number of hydrogen-bond acceptors (Lipinski definition) is 9. The van der Waals surface area contributed by atoms with E-state index in [9.17, 15) is 14.4 Å². The fraction of sp³-hybridized carbons (Fsp3) is 0.308. The average Bonchev–Trinajstić information content (AvgIpc) is 2.99. The van der Waals surface area contributed by atoms with Crippen LogP contribution in [0.4, 0.5) is 11.4 Å². The van der Waals surface area contributed by atoms with Gasteiger partial charge in [-0.3, -0.25) is 19.3 Å². The molecule has 9 nitrogen and oxygen atoms in total. The molecule has 0 radical (unpaired) electrons. The van der Waals surface area contributed by atoms with Gasteiger partial charge in [0, 0.05) is 39.7 Å². The quantitative estimate of drug-likeness (QED) is 0.437. The number of morpholine rings is 1. The van der Waals surface area contributed by atoms with Crippen molar-refractivity contribution in [2.75, 3.05) is 38.3 Å². The number of benzene rings is 1. The van der Waals surface area contributed by atoms with Crippen LogP contribution in [0.25, 0.3) is 0 Å². The van der Waals surface area contributed by atoms with Crippen molar-refractivity contribution in [1.29, 1.82) is 0 Å². The van der Waals surface area contributed by atoms with Crippen LogP contribution in [0.15, 0.2) is 75.6 Å². The van der Waals surface area contributed by atoms with Gasteiger partial charge in [0.2, 0.25) is 0 Å². The third-order valence-electron chi connectivity index (χ3n) is 5.46. The molecule has 0 saturated carbocycles. The SMILES string of the molecule is CC(=O)OC1=CCC=C(/C=C2\SC(=Nc3ccc(N4CCOCC4)cc3)N(C)C2=O)C=C1OC(C)=O. The summed E-state index contributed by atoms with van der Waals surface area (Å²) in [6.07, 6.45) is 7.20. The zero-order valence-corrected chi connectivity index (χ0v) is 21.2. The average molecular weight is 510 g/mol. The monoisotopic (exact) mass is 509 g/mol. The van der Waals surface area contributed by atoms with Crippen LogP contribution >= 0.6 is 11.8 Å². The van der Waals surface area contributed by atoms with Gasteiger partial charge in [-0.05, 0) is 66.2 Å². The minimum absolute atomic E-state index is 0.108. The highest BCUT2D eigenvalue weighted by Gasteiger charge is 2.30. The Morgan fingerprint density at radius 1 is 1.03 bits per heavy atom. The van der Waals surface area contributed by atoms with E-state index in [4.69, 9.17) is 14.2 Å². The molecule has 188 valence electrons. The van der Waals surface area contributed by atoms with Crippen LogP contribution < -0.4 is 4.90 Å². The molecule has 1 aromatic rings. The molecule has 0 unspecified atom stereocenters. The number of likely N-dealkylation sites (N-methyl/N-ethyl adjacent to an activating group) is 1. The molecule has 0 atom stereocenters. The number of hydrogen-bond donors (Lipinski definition) is 0. The lowest BCUT2D eigenvalue weighted by atomic mass is 10.2. The highest BCUT2D eigenvalue weighted by molar-refractivity contribution is 8.18. The van der Waals surface area contributed by atoms with E-state index in [1.54, 1.807) is 25.3 Å². The molecule has 1 aromatic carbocycles. The summed E-state index contributed by atoms with van der Waals surface area (Å²) in [7, 11) is 1.68. The first-order valence-corrected chi connectivity index (χ1v) is 12.3. The van der Waals surface area contributed by atoms with Crippen LogP contribution in [0.2, 0.25) is 0 Å². The molecule has 0 bridgehead atoms. The number of carbonyl (C=O) groups excluding carboxylic acids is 3. The second-order valence-corrected chi connectivity index (χ2v) is 9.20. The highest BCUT2D eigenvalue weighted by Crippen LogP contribution is 2.34. The Hall–Kier alpha value is -3.63. The third-order valence-corrected chi connectivity index (χ3v) is 6.52. The number of aliphatic imine (C=N–C) groups is 1. The molecule has 0 spiro atoms. The minimum Gasteiger partial charge on any atom is -0.423 e. The summed E-state index contributed by atoms with van der Waals surface area (Å²) in [5.74, 6) is -0.996. The number of allylic oxidation sites excluding steroid dienone is 5. The zero-order valence-electron chi connectivity index (χ0n) is 20.4. The van der Waals surface area contributed by atoms with E-state index in [-0.39, 0.29) is 17.4 Å². The summed E-state index contributed by atoms with van der Waals surface area (Å²) < 4.78 is 15.8. The van der Waals surface area contributed by atoms with Crippen molar-refractivity contribution in [1.82, 2.24) is 4.90 Å². The Balaban J connectivity index is 1.53. The van der Waals surface area contributed by atoms with Gasteiger partial charge in [-0.2, -0.15) is 0 Å². The van der Waals surface area contributed by atoms with E-state index in [1.807, 2.05) is 30.3 Å². The summed E-state index contributed by atoms with van der Waals surface area (Å²) >= 11 is 1.26. The summed E-state index contributed by atoms with van der Waals surface area (Å²) in [5, 5.41) is 0.558. The molecule has 1 aliphatic carbocycles. The molecule has 0 N–H and O–H groups in total. The molecule has 10 heteroatoms. The van der Waals surface area contributed by atoms with Crippen molar-refractivity contribution in [3.8, 4) is 0 Å². The third kappa shape index (κ3) is 6.32. The Morgan fingerprint density at radius 3 is 2.36 bits per heavy atom. The van der Waals surface area contributed by atoms with Gasteiger partial charge in [-0.1, -0.05) is 6.08 Å². The molecule has 2 heterocycles. The lowest BCUT2D eigenvalue weighted by molar-refractivity contribution is -0.141. The van der Waals surface area contributed by atoms with Gasteiger partial charge in [0.1, 0.15) is 0 Å². The van der Waals surface area contributed by atoms with Gasteiger partial charge in [0.25, 0.3) is 5.91 Å². The van der Waals surface area contributed by atoms with Gasteiger partial charge in [0.15, 0.2) is 16.7 Å². The standard InChI is InChI=1S/C26H27N3O6S/c1-17(30)34-22-6-4-5-19(15-23(22)35-18(2)31)16-24-25(32)28(3)26(36-24)27-20-7-9-21(10-8-20)29-11-13-33-14-12-29/h5-10,15-16H,4,11-14H2,1-3H3/b24-16-,27-26?. The van der Waals surface area contributed by atoms with Crippen molar-refractivity contribution >= 4 is 46.2 Å². The zero-order chi connectivity index (χ0) is 25.7. The number of rotatable bonds is 5. The lowest BCUT2D eigenvalue weighted by Gasteiger charge is -2.28. The van der Waals surface area contributed by atoms with Crippen molar-refractivity contribution in [2.45, 2.75) is 20.3 Å². The molecular weight excluding hydrogens is 482 g/mol. The van der Waals surface area contributed by atoms with Crippen LogP contribution in [-0.4, -0.2) is 61.3 Å². The van der Waals surface area contributed by atoms with Crippen molar-refractivity contribution < 1.29 is 28.6 Å². The second-order valence-electron chi connectivity index (χ2n) is 8.19. The molecule has 1 amide bonds. The molecule has 2 saturated heterocycles. The van der Waals surface area contributed by atoms with Gasteiger partial charge >= 0.3 is 11.9 Å². The Bertz CT molecular complexity index is 1210. The van der Waals surface area contributed by atoms with Crippen LogP contribution in [0.3, 0.4) is 0 Å². The maximum atomic E-state index is 12.9. The molecule has 36 heavy (non-hydrogen) atoms. The fourth-order valence-corrected chi connectivity index (χ4v) is 4.73. The van der Waals surface area contributed by atoms with E-state index in [0.717, 1.165) is 37.7 Å². The second kappa shape index (κ2) is 11.4. The molecule has 2 aliphatic heterocycles. The maximum Gasteiger partial charge on any atom is 0.308 e. The first kappa shape index (κ1) is 25.5. The normalized spacial score (nSPS) is 20.6. The van der Waals surface area contributed by atoms with E-state index in [0.29, 0.717) is 22.1 Å². The van der Waals surface area contributed by atoms with Crippen LogP contribution in [0, 0.1) is 0 Å². The molecule has 4 rings (SSSR count). The Labute approximate surface area is 213 Å². The van der Waals surface area contributed by atoms with Gasteiger partial charge in [-0.25, -0.2) is 4.99 Å². The largest absolute Gasteiger partial charge is 0.423 e. The molecule has 3 aliphatic rings. The van der Waals surface area contributed by atoms with Crippen LogP contribution in [0.5, 0.6) is 0 Å². The number of amidine groups is 1. The summed E-state index contributed by atoms with van der Waals surface area (Å²) in [6.45, 7) is 5.69. The minimum atomic E-state index is -0.548. The highest BCUT2D eigenvalue weighted by atomic mass is 32.2. The maximum absolute atomic E-state index is 12.9. The number of ether oxygens (including phenoxy) is 3. The lowest BCUT2D eigenvalue weighted by Crippen LogP contribution is -2.36. The van der Waals surface area contributed by atoms with E-state index in [1.165, 1.54) is 30.5 Å². The van der Waals surface area contributed by atoms with E-state index >= 15 is 0 Å². The Kier molecular flexibility index (Phi) is 8.07. The number of esters is 2. The number of anilines is 1. The molecular formula is C26H27N3O6S. The predicted molar refractivity (Wildman–Crippen MR) is 137 cm³/mol. The van der Waals surface area contributed by atoms with Crippen LogP contribution in [-0.2, 0) is 28.6 Å². The molecule has 0 aromatic heterocycles. The molecule has 2 fully saturated rings. The van der Waals surface area contributed by atoms with Gasteiger partial charge in [-0.15, -0.1) is 0 Å². The summed E-state index contributed by atoms with van der Waals surface area (Å²) in [5.41, 5.74) is 2.50. The number of amides is 1. The topological polar surface area (TPSA) is 97.7 Å². The first-order valence-electron chi connectivity index (χ1n) is 11.5. The van der Waals surface area contributed by atoms with Crippen molar-refractivity contribution in [3.63, 3.8) is 0 Å². The van der Waals surface area contributed by atoms with Gasteiger partial charge in [0.05, 0.1) is 23.8 Å². The van der Waals surface area contributed by atoms with Crippen molar-refractivity contribution in [3.05, 3.63) is 70.6 Å². The number of carbonyl (C=O) groups is 3. The van der Waals surface area contributed by atoms with Crippen LogP contribution in [0.1, 0.15) is 20.3 Å².